The van der Waals surface area contributed by atoms with Crippen LogP contribution in [0.15, 0.2) is 45.8 Å². The zero-order valence-corrected chi connectivity index (χ0v) is 14.2. The second-order valence-electron chi connectivity index (χ2n) is 4.07. The van der Waals surface area contributed by atoms with Gasteiger partial charge < -0.3 is 4.74 Å². The molecule has 2 aromatic rings. The third-order valence-corrected chi connectivity index (χ3v) is 4.67. The Balaban J connectivity index is 2.26. The van der Waals surface area contributed by atoms with Crippen molar-refractivity contribution in [3.63, 3.8) is 0 Å². The van der Waals surface area contributed by atoms with Crippen molar-refractivity contribution in [3.05, 3.63) is 57.3 Å². The predicted molar refractivity (Wildman–Crippen MR) is 82.9 cm³/mol. The van der Waals surface area contributed by atoms with Gasteiger partial charge in [-0.25, -0.2) is 12.8 Å². The minimum atomic E-state index is -3.94. The van der Waals surface area contributed by atoms with E-state index in [2.05, 4.69) is 15.9 Å². The van der Waals surface area contributed by atoms with Crippen LogP contribution in [0.3, 0.4) is 0 Å². The molecule has 0 unspecified atom stereocenters. The van der Waals surface area contributed by atoms with E-state index in [1.807, 2.05) is 0 Å². The molecule has 3 nitrogen and oxygen atoms in total. The second-order valence-corrected chi connectivity index (χ2v) is 7.92. The van der Waals surface area contributed by atoms with Crippen LogP contribution >= 0.6 is 38.2 Å². The van der Waals surface area contributed by atoms with Crippen molar-refractivity contribution in [2.24, 2.45) is 0 Å². The number of hydrogen-bond donors (Lipinski definition) is 0. The number of hydrogen-bond acceptors (Lipinski definition) is 3. The minimum Gasteiger partial charge on any atom is -0.487 e. The van der Waals surface area contributed by atoms with Gasteiger partial charge in [-0.2, -0.15) is 0 Å². The van der Waals surface area contributed by atoms with Crippen LogP contribution in [0.5, 0.6) is 5.75 Å². The Labute approximate surface area is 139 Å². The van der Waals surface area contributed by atoms with Crippen molar-refractivity contribution in [1.82, 2.24) is 0 Å². The molecule has 21 heavy (non-hydrogen) atoms. The first kappa shape index (κ1) is 16.5. The third kappa shape index (κ3) is 4.32. The number of halogens is 4. The molecule has 0 aliphatic heterocycles. The molecule has 0 spiro atoms. The highest BCUT2D eigenvalue weighted by Gasteiger charge is 2.17. The maximum absolute atomic E-state index is 13.1. The summed E-state index contributed by atoms with van der Waals surface area (Å²) in [7, 11) is 1.42. The first-order chi connectivity index (χ1) is 9.77. The Morgan fingerprint density at radius 1 is 1.19 bits per heavy atom. The highest BCUT2D eigenvalue weighted by Crippen LogP contribution is 2.30. The summed E-state index contributed by atoms with van der Waals surface area (Å²) in [6.07, 6.45) is 0. The summed E-state index contributed by atoms with van der Waals surface area (Å²) < 4.78 is 42.1. The topological polar surface area (TPSA) is 43.4 Å². The van der Waals surface area contributed by atoms with Gasteiger partial charge in [-0.15, -0.1) is 0 Å². The highest BCUT2D eigenvalue weighted by molar-refractivity contribution is 9.10. The Bertz CT molecular complexity index is 781. The van der Waals surface area contributed by atoms with Gasteiger partial charge in [-0.05, 0) is 35.9 Å². The van der Waals surface area contributed by atoms with Gasteiger partial charge in [0.25, 0.3) is 9.05 Å². The third-order valence-electron chi connectivity index (χ3n) is 2.55. The Kier molecular flexibility index (Phi) is 5.14. The smallest absolute Gasteiger partial charge is 0.265 e. The van der Waals surface area contributed by atoms with E-state index in [9.17, 15) is 12.8 Å². The molecule has 2 aromatic carbocycles. The lowest BCUT2D eigenvalue weighted by Gasteiger charge is -2.10. The average Bonchev–Trinajstić information content (AvgIpc) is 2.40. The fourth-order valence-corrected chi connectivity index (χ4v) is 3.29. The Morgan fingerprint density at radius 3 is 2.52 bits per heavy atom. The van der Waals surface area contributed by atoms with Gasteiger partial charge in [0.05, 0.1) is 5.02 Å². The van der Waals surface area contributed by atoms with Crippen molar-refractivity contribution in [2.75, 3.05) is 0 Å². The number of ether oxygens (including phenoxy) is 1. The van der Waals surface area contributed by atoms with Crippen molar-refractivity contribution in [2.45, 2.75) is 11.5 Å². The summed E-state index contributed by atoms with van der Waals surface area (Å²) in [5.74, 6) is -0.429. The van der Waals surface area contributed by atoms with Gasteiger partial charge in [0, 0.05) is 15.2 Å². The van der Waals surface area contributed by atoms with Gasteiger partial charge in [-0.3, -0.25) is 0 Å². The summed E-state index contributed by atoms with van der Waals surface area (Å²) in [4.78, 5) is -0.147. The van der Waals surface area contributed by atoms with Crippen molar-refractivity contribution in [3.8, 4) is 5.75 Å². The van der Waals surface area contributed by atoms with Gasteiger partial charge in [0.1, 0.15) is 23.1 Å². The predicted octanol–water partition coefficient (Wildman–Crippen LogP) is 4.75. The first-order valence-electron chi connectivity index (χ1n) is 5.58. The zero-order chi connectivity index (χ0) is 15.6. The summed E-state index contributed by atoms with van der Waals surface area (Å²) in [5.41, 5.74) is 0.599. The van der Waals surface area contributed by atoms with Gasteiger partial charge >= 0.3 is 0 Å². The van der Waals surface area contributed by atoms with Crippen LogP contribution in [0, 0.1) is 5.82 Å². The van der Waals surface area contributed by atoms with E-state index in [4.69, 9.17) is 27.0 Å². The van der Waals surface area contributed by atoms with Crippen molar-refractivity contribution >= 4 is 47.3 Å². The van der Waals surface area contributed by atoms with Gasteiger partial charge in [0.15, 0.2) is 0 Å². The fourth-order valence-electron chi connectivity index (χ4n) is 1.58. The molecule has 0 amide bonds. The molecule has 0 saturated carbocycles. The maximum Gasteiger partial charge on any atom is 0.265 e. The number of rotatable bonds is 4. The Hall–Kier alpha value is -0.820. The Morgan fingerprint density at radius 2 is 1.90 bits per heavy atom. The minimum absolute atomic E-state index is 0.0288. The molecule has 0 saturated heterocycles. The SMILES string of the molecule is O=S(=O)(Cl)c1cc(Br)ccc1OCc1ccc(F)c(Cl)c1. The van der Waals surface area contributed by atoms with Crippen LogP contribution in [0.1, 0.15) is 5.56 Å². The molecule has 0 bridgehead atoms. The molecule has 0 radical (unpaired) electrons. The number of benzene rings is 2. The fraction of sp³-hybridized carbons (Fsp3) is 0.0769. The quantitative estimate of drug-likeness (QED) is 0.679. The van der Waals surface area contributed by atoms with Crippen molar-refractivity contribution in [1.29, 1.82) is 0 Å². The van der Waals surface area contributed by atoms with Crippen LogP contribution in [0.4, 0.5) is 4.39 Å². The lowest BCUT2D eigenvalue weighted by atomic mass is 10.2. The normalized spacial score (nSPS) is 11.4. The molecular formula is C13H8BrCl2FO3S. The van der Waals surface area contributed by atoms with E-state index in [1.165, 1.54) is 30.3 Å². The first-order valence-corrected chi connectivity index (χ1v) is 9.06. The van der Waals surface area contributed by atoms with Crippen molar-refractivity contribution < 1.29 is 17.5 Å². The molecule has 0 fully saturated rings. The lowest BCUT2D eigenvalue weighted by molar-refractivity contribution is 0.298. The maximum atomic E-state index is 13.1. The second kappa shape index (κ2) is 6.52. The van der Waals surface area contributed by atoms with E-state index in [0.717, 1.165) is 0 Å². The summed E-state index contributed by atoms with van der Waals surface area (Å²) in [6.45, 7) is 0.0288. The van der Waals surface area contributed by atoms with Gasteiger partial charge in [0.2, 0.25) is 0 Å². The molecule has 2 rings (SSSR count). The van der Waals surface area contributed by atoms with E-state index >= 15 is 0 Å². The summed E-state index contributed by atoms with van der Waals surface area (Å²) in [5, 5.41) is -0.0305. The molecule has 0 aliphatic carbocycles. The largest absolute Gasteiger partial charge is 0.487 e. The molecule has 8 heteroatoms. The standard InChI is InChI=1S/C13H8BrCl2FO3S/c14-9-2-4-12(13(6-9)21(16,18)19)20-7-8-1-3-11(17)10(15)5-8/h1-6H,7H2. The van der Waals surface area contributed by atoms with Crippen LogP contribution in [-0.2, 0) is 15.7 Å². The molecule has 0 aliphatic rings. The van der Waals surface area contributed by atoms with Crippen LogP contribution in [0.2, 0.25) is 5.02 Å². The average molecular weight is 414 g/mol. The van der Waals surface area contributed by atoms with E-state index in [-0.39, 0.29) is 22.3 Å². The lowest BCUT2D eigenvalue weighted by Crippen LogP contribution is -2.01. The molecule has 0 N–H and O–H groups in total. The highest BCUT2D eigenvalue weighted by atomic mass is 79.9. The molecular weight excluding hydrogens is 406 g/mol. The molecule has 0 heterocycles. The van der Waals surface area contributed by atoms with E-state index in [0.29, 0.717) is 10.0 Å². The monoisotopic (exact) mass is 412 g/mol. The molecule has 0 aromatic heterocycles. The zero-order valence-electron chi connectivity index (χ0n) is 10.3. The van der Waals surface area contributed by atoms with Crippen LogP contribution in [0.25, 0.3) is 0 Å². The summed E-state index contributed by atoms with van der Waals surface area (Å²) >= 11 is 8.83. The molecule has 0 atom stereocenters. The van der Waals surface area contributed by atoms with E-state index < -0.39 is 14.9 Å². The van der Waals surface area contributed by atoms with E-state index in [1.54, 1.807) is 6.07 Å². The molecule has 112 valence electrons. The van der Waals surface area contributed by atoms with Crippen LogP contribution in [-0.4, -0.2) is 8.42 Å². The van der Waals surface area contributed by atoms with Crippen LogP contribution < -0.4 is 4.74 Å². The summed E-state index contributed by atoms with van der Waals surface area (Å²) in [6, 6.07) is 8.56. The van der Waals surface area contributed by atoms with Gasteiger partial charge in [-0.1, -0.05) is 33.6 Å².